The molecular formula is C13H9Br2FO2S. The van der Waals surface area contributed by atoms with E-state index in [4.69, 9.17) is 4.74 Å². The Hall–Kier alpha value is -0.720. The molecule has 0 spiro atoms. The first kappa shape index (κ1) is 14.7. The van der Waals surface area contributed by atoms with E-state index in [0.717, 1.165) is 13.1 Å². The van der Waals surface area contributed by atoms with Gasteiger partial charge in [0.2, 0.25) is 5.78 Å². The predicted molar refractivity (Wildman–Crippen MR) is 80.7 cm³/mol. The molecule has 6 heteroatoms. The molecule has 1 heterocycles. The number of carbonyl (C=O) groups excluding carboxylic acids is 1. The van der Waals surface area contributed by atoms with Gasteiger partial charge in [-0.1, -0.05) is 6.07 Å². The molecule has 0 fully saturated rings. The van der Waals surface area contributed by atoms with Crippen molar-refractivity contribution in [2.45, 2.75) is 6.92 Å². The molecule has 0 saturated carbocycles. The van der Waals surface area contributed by atoms with Crippen LogP contribution in [0.1, 0.15) is 15.9 Å². The van der Waals surface area contributed by atoms with E-state index in [1.807, 2.05) is 6.92 Å². The third-order valence-corrected chi connectivity index (χ3v) is 4.74. The summed E-state index contributed by atoms with van der Waals surface area (Å²) in [5.74, 6) is -0.572. The summed E-state index contributed by atoms with van der Waals surface area (Å²) in [4.78, 5) is 12.0. The standard InChI is InChI=1S/C13H9Br2FO2S/c1-7-2-3-9(16)11(4-7)18-6-10(17)8-5-12(14)19-13(8)15/h2-5H,6H2,1H3. The van der Waals surface area contributed by atoms with E-state index in [1.54, 1.807) is 18.2 Å². The van der Waals surface area contributed by atoms with Crippen LogP contribution in [-0.2, 0) is 0 Å². The Balaban J connectivity index is 2.08. The number of benzene rings is 1. The quantitative estimate of drug-likeness (QED) is 0.668. The van der Waals surface area contributed by atoms with E-state index in [2.05, 4.69) is 31.9 Å². The maximum atomic E-state index is 13.5. The van der Waals surface area contributed by atoms with Crippen LogP contribution in [-0.4, -0.2) is 12.4 Å². The van der Waals surface area contributed by atoms with Crippen LogP contribution in [0.25, 0.3) is 0 Å². The van der Waals surface area contributed by atoms with E-state index in [1.165, 1.54) is 17.4 Å². The Morgan fingerprint density at radius 1 is 1.37 bits per heavy atom. The molecule has 2 rings (SSSR count). The van der Waals surface area contributed by atoms with Crippen molar-refractivity contribution in [2.24, 2.45) is 0 Å². The van der Waals surface area contributed by atoms with Crippen LogP contribution in [0.2, 0.25) is 0 Å². The minimum absolute atomic E-state index is 0.0961. The van der Waals surface area contributed by atoms with Gasteiger partial charge in [-0.15, -0.1) is 11.3 Å². The van der Waals surface area contributed by atoms with Crippen LogP contribution in [0.3, 0.4) is 0 Å². The lowest BCUT2D eigenvalue weighted by atomic mass is 10.2. The molecule has 0 unspecified atom stereocenters. The molecule has 0 amide bonds. The number of thiophene rings is 1. The van der Waals surface area contributed by atoms with Crippen molar-refractivity contribution < 1.29 is 13.9 Å². The first-order valence-electron chi connectivity index (χ1n) is 5.34. The lowest BCUT2D eigenvalue weighted by molar-refractivity contribution is 0.0918. The number of aryl methyl sites for hydroxylation is 1. The van der Waals surface area contributed by atoms with Crippen molar-refractivity contribution in [1.82, 2.24) is 0 Å². The molecule has 0 aliphatic rings. The molecule has 0 aliphatic heterocycles. The van der Waals surface area contributed by atoms with Gasteiger partial charge >= 0.3 is 0 Å². The number of ether oxygens (including phenoxy) is 1. The van der Waals surface area contributed by atoms with Crippen molar-refractivity contribution in [3.63, 3.8) is 0 Å². The second kappa shape index (κ2) is 6.15. The van der Waals surface area contributed by atoms with Crippen molar-refractivity contribution in [3.05, 3.63) is 48.8 Å². The van der Waals surface area contributed by atoms with E-state index in [9.17, 15) is 9.18 Å². The van der Waals surface area contributed by atoms with E-state index in [0.29, 0.717) is 5.56 Å². The summed E-state index contributed by atoms with van der Waals surface area (Å²) in [6.45, 7) is 1.64. The second-order valence-corrected chi connectivity index (χ2v) is 7.63. The molecule has 0 atom stereocenters. The average molecular weight is 408 g/mol. The van der Waals surface area contributed by atoms with Crippen LogP contribution in [0.4, 0.5) is 4.39 Å². The van der Waals surface area contributed by atoms with Crippen molar-refractivity contribution in [2.75, 3.05) is 6.61 Å². The maximum Gasteiger partial charge on any atom is 0.202 e. The molecular weight excluding hydrogens is 399 g/mol. The fourth-order valence-electron chi connectivity index (χ4n) is 1.47. The summed E-state index contributed by atoms with van der Waals surface area (Å²) in [5, 5.41) is 0. The van der Waals surface area contributed by atoms with Gasteiger partial charge in [0.1, 0.15) is 0 Å². The summed E-state index contributed by atoms with van der Waals surface area (Å²) < 4.78 is 20.3. The van der Waals surface area contributed by atoms with Gasteiger partial charge in [0.25, 0.3) is 0 Å². The highest BCUT2D eigenvalue weighted by atomic mass is 79.9. The van der Waals surface area contributed by atoms with Gasteiger partial charge in [-0.2, -0.15) is 0 Å². The molecule has 0 radical (unpaired) electrons. The van der Waals surface area contributed by atoms with E-state index < -0.39 is 5.82 Å². The van der Waals surface area contributed by atoms with Gasteiger partial charge in [-0.3, -0.25) is 4.79 Å². The van der Waals surface area contributed by atoms with Crippen LogP contribution in [0, 0.1) is 12.7 Å². The Kier molecular flexibility index (Phi) is 4.76. The first-order chi connectivity index (χ1) is 8.97. The van der Waals surface area contributed by atoms with Crippen molar-refractivity contribution >= 4 is 49.0 Å². The Bertz CT molecular complexity index is 625. The normalized spacial score (nSPS) is 10.5. The number of Topliss-reactive ketones (excluding diaryl/α,β-unsaturated/α-hetero) is 1. The molecule has 100 valence electrons. The molecule has 0 aliphatic carbocycles. The fourth-order valence-corrected chi connectivity index (χ4v) is 4.33. The Morgan fingerprint density at radius 2 is 2.11 bits per heavy atom. The summed E-state index contributed by atoms with van der Waals surface area (Å²) in [6, 6.07) is 6.26. The monoisotopic (exact) mass is 406 g/mol. The van der Waals surface area contributed by atoms with Crippen LogP contribution in [0.15, 0.2) is 31.8 Å². The smallest absolute Gasteiger partial charge is 0.202 e. The number of carbonyl (C=O) groups is 1. The number of hydrogen-bond acceptors (Lipinski definition) is 3. The molecule has 2 aromatic rings. The molecule has 1 aromatic carbocycles. The zero-order valence-corrected chi connectivity index (χ0v) is 13.9. The van der Waals surface area contributed by atoms with E-state index >= 15 is 0 Å². The predicted octanol–water partition coefficient (Wildman–Crippen LogP) is 4.98. The van der Waals surface area contributed by atoms with Crippen molar-refractivity contribution in [1.29, 1.82) is 0 Å². The number of ketones is 1. The minimum atomic E-state index is -0.469. The van der Waals surface area contributed by atoms with Gasteiger partial charge in [0.15, 0.2) is 18.2 Å². The third kappa shape index (κ3) is 3.64. The van der Waals surface area contributed by atoms with Crippen LogP contribution < -0.4 is 4.74 Å². The van der Waals surface area contributed by atoms with Gasteiger partial charge in [-0.25, -0.2) is 4.39 Å². The minimum Gasteiger partial charge on any atom is -0.482 e. The molecule has 19 heavy (non-hydrogen) atoms. The van der Waals surface area contributed by atoms with Crippen LogP contribution in [0.5, 0.6) is 5.75 Å². The zero-order valence-electron chi connectivity index (χ0n) is 9.88. The largest absolute Gasteiger partial charge is 0.482 e. The van der Waals surface area contributed by atoms with Crippen molar-refractivity contribution in [3.8, 4) is 5.75 Å². The topological polar surface area (TPSA) is 26.3 Å². The van der Waals surface area contributed by atoms with Gasteiger partial charge in [-0.05, 0) is 62.5 Å². The Morgan fingerprint density at radius 3 is 2.74 bits per heavy atom. The average Bonchev–Trinajstić information content (AvgIpc) is 2.69. The fraction of sp³-hybridized carbons (Fsp3) is 0.154. The SMILES string of the molecule is Cc1ccc(F)c(OCC(=O)c2cc(Br)sc2Br)c1. The molecule has 0 bridgehead atoms. The third-order valence-electron chi connectivity index (χ3n) is 2.40. The highest BCUT2D eigenvalue weighted by Crippen LogP contribution is 2.32. The summed E-state index contributed by atoms with van der Waals surface area (Å²) in [6.07, 6.45) is 0. The Labute approximate surface area is 130 Å². The number of hydrogen-bond donors (Lipinski definition) is 0. The van der Waals surface area contributed by atoms with E-state index in [-0.39, 0.29) is 18.1 Å². The molecule has 2 nitrogen and oxygen atoms in total. The summed E-state index contributed by atoms with van der Waals surface area (Å²) in [5.41, 5.74) is 1.41. The first-order valence-corrected chi connectivity index (χ1v) is 7.74. The lowest BCUT2D eigenvalue weighted by Crippen LogP contribution is -2.12. The highest BCUT2D eigenvalue weighted by Gasteiger charge is 2.15. The maximum absolute atomic E-state index is 13.5. The number of rotatable bonds is 4. The molecule has 0 N–H and O–H groups in total. The van der Waals surface area contributed by atoms with Gasteiger partial charge in [0.05, 0.1) is 7.57 Å². The van der Waals surface area contributed by atoms with Crippen LogP contribution >= 0.6 is 43.2 Å². The lowest BCUT2D eigenvalue weighted by Gasteiger charge is -2.07. The van der Waals surface area contributed by atoms with Gasteiger partial charge < -0.3 is 4.74 Å². The van der Waals surface area contributed by atoms with Gasteiger partial charge in [0, 0.05) is 5.56 Å². The highest BCUT2D eigenvalue weighted by molar-refractivity contribution is 9.12. The summed E-state index contributed by atoms with van der Waals surface area (Å²) in [7, 11) is 0. The molecule has 0 saturated heterocycles. The summed E-state index contributed by atoms with van der Waals surface area (Å²) >= 11 is 8.02. The second-order valence-electron chi connectivity index (χ2n) is 3.88. The number of halogens is 3. The zero-order chi connectivity index (χ0) is 14.0. The molecule has 1 aromatic heterocycles.